The van der Waals surface area contributed by atoms with Crippen molar-refractivity contribution in [2.45, 2.75) is 51.5 Å². The van der Waals surface area contributed by atoms with Gasteiger partial charge in [-0.1, -0.05) is 19.3 Å². The maximum atomic E-state index is 12.5. The number of anilines is 1. The van der Waals surface area contributed by atoms with E-state index in [1.165, 1.54) is 19.3 Å². The summed E-state index contributed by atoms with van der Waals surface area (Å²) in [5.74, 6) is 0.612. The summed E-state index contributed by atoms with van der Waals surface area (Å²) in [6.07, 6.45) is 6.15. The van der Waals surface area contributed by atoms with E-state index in [4.69, 9.17) is 4.74 Å². The summed E-state index contributed by atoms with van der Waals surface area (Å²) in [5, 5.41) is 2.92. The fourth-order valence-corrected chi connectivity index (χ4v) is 3.70. The number of nitrogens with zero attached hydrogens (tertiary/aromatic N) is 1. The Morgan fingerprint density at radius 1 is 1.21 bits per heavy atom. The van der Waals surface area contributed by atoms with Gasteiger partial charge in [0.25, 0.3) is 0 Å². The molecule has 1 aliphatic heterocycles. The Morgan fingerprint density at radius 2 is 1.92 bits per heavy atom. The first-order chi connectivity index (χ1) is 11.7. The minimum absolute atomic E-state index is 0.0641. The number of rotatable bonds is 5. The van der Waals surface area contributed by atoms with E-state index in [9.17, 15) is 9.59 Å². The molecule has 0 bridgehead atoms. The van der Waals surface area contributed by atoms with Gasteiger partial charge in [-0.3, -0.25) is 9.59 Å². The van der Waals surface area contributed by atoms with Crippen molar-refractivity contribution in [3.8, 4) is 5.75 Å². The Labute approximate surface area is 143 Å². The third-order valence-corrected chi connectivity index (χ3v) is 4.98. The monoisotopic (exact) mass is 330 g/mol. The average Bonchev–Trinajstić information content (AvgIpc) is 3.00. The Bertz CT molecular complexity index is 579. The molecule has 5 nitrogen and oxygen atoms in total. The molecule has 0 spiro atoms. The summed E-state index contributed by atoms with van der Waals surface area (Å²) in [7, 11) is 0. The van der Waals surface area contributed by atoms with Crippen molar-refractivity contribution in [1.29, 1.82) is 0 Å². The number of likely N-dealkylation sites (tertiary alicyclic amines) is 1. The van der Waals surface area contributed by atoms with E-state index >= 15 is 0 Å². The molecule has 1 aromatic rings. The summed E-state index contributed by atoms with van der Waals surface area (Å²) in [6, 6.07) is 7.69. The van der Waals surface area contributed by atoms with Gasteiger partial charge in [0.15, 0.2) is 0 Å². The molecule has 1 N–H and O–H groups in total. The van der Waals surface area contributed by atoms with Crippen LogP contribution in [0.3, 0.4) is 0 Å². The van der Waals surface area contributed by atoms with Crippen LogP contribution in [0.2, 0.25) is 0 Å². The summed E-state index contributed by atoms with van der Waals surface area (Å²) in [5.41, 5.74) is 0.743. The van der Waals surface area contributed by atoms with E-state index in [1.807, 2.05) is 36.1 Å². The van der Waals surface area contributed by atoms with Gasteiger partial charge in [0.2, 0.25) is 11.8 Å². The number of amides is 2. The second-order valence-electron chi connectivity index (χ2n) is 6.69. The van der Waals surface area contributed by atoms with Gasteiger partial charge in [-0.2, -0.15) is 0 Å². The average molecular weight is 330 g/mol. The first-order valence-corrected chi connectivity index (χ1v) is 9.00. The van der Waals surface area contributed by atoms with E-state index in [0.717, 1.165) is 24.3 Å². The van der Waals surface area contributed by atoms with Gasteiger partial charge in [-0.15, -0.1) is 0 Å². The van der Waals surface area contributed by atoms with E-state index in [2.05, 4.69) is 5.32 Å². The minimum Gasteiger partial charge on any atom is -0.494 e. The Balaban J connectivity index is 1.56. The van der Waals surface area contributed by atoms with Crippen molar-refractivity contribution in [3.63, 3.8) is 0 Å². The topological polar surface area (TPSA) is 58.6 Å². The fraction of sp³-hybridized carbons (Fsp3) is 0.579. The van der Waals surface area contributed by atoms with Crippen molar-refractivity contribution in [2.75, 3.05) is 18.5 Å². The van der Waals surface area contributed by atoms with Crippen LogP contribution in [0.25, 0.3) is 0 Å². The standard InChI is InChI=1S/C19H26N2O3/c1-2-24-17-10-8-15(9-11-17)20-19(23)14-12-18(22)21(13-14)16-6-4-3-5-7-16/h8-11,14,16H,2-7,12-13H2,1H3,(H,20,23). The molecular formula is C19H26N2O3. The molecule has 2 fully saturated rings. The molecule has 0 radical (unpaired) electrons. The van der Waals surface area contributed by atoms with Crippen LogP contribution in [0.1, 0.15) is 45.4 Å². The lowest BCUT2D eigenvalue weighted by molar-refractivity contribution is -0.130. The lowest BCUT2D eigenvalue weighted by atomic mass is 9.94. The van der Waals surface area contributed by atoms with Gasteiger partial charge in [0.05, 0.1) is 12.5 Å². The van der Waals surface area contributed by atoms with Crippen molar-refractivity contribution in [1.82, 2.24) is 4.90 Å². The van der Waals surface area contributed by atoms with Crippen LogP contribution in [-0.2, 0) is 9.59 Å². The first-order valence-electron chi connectivity index (χ1n) is 9.00. The SMILES string of the molecule is CCOc1ccc(NC(=O)C2CC(=O)N(C3CCCCC3)C2)cc1. The van der Waals surface area contributed by atoms with Crippen LogP contribution in [0, 0.1) is 5.92 Å². The summed E-state index contributed by atoms with van der Waals surface area (Å²) < 4.78 is 5.40. The summed E-state index contributed by atoms with van der Waals surface area (Å²) in [4.78, 5) is 26.7. The largest absolute Gasteiger partial charge is 0.494 e. The molecule has 1 aromatic carbocycles. The zero-order chi connectivity index (χ0) is 16.9. The van der Waals surface area contributed by atoms with Gasteiger partial charge >= 0.3 is 0 Å². The highest BCUT2D eigenvalue weighted by Crippen LogP contribution is 2.29. The van der Waals surface area contributed by atoms with Gasteiger partial charge in [0, 0.05) is 24.7 Å². The number of carbonyl (C=O) groups is 2. The molecule has 1 aliphatic carbocycles. The molecule has 1 saturated carbocycles. The quantitative estimate of drug-likeness (QED) is 0.902. The number of nitrogens with one attached hydrogen (secondary N) is 1. The number of benzene rings is 1. The third kappa shape index (κ3) is 3.89. The van der Waals surface area contributed by atoms with E-state index in [0.29, 0.717) is 25.6 Å². The van der Waals surface area contributed by atoms with Crippen molar-refractivity contribution in [3.05, 3.63) is 24.3 Å². The highest BCUT2D eigenvalue weighted by atomic mass is 16.5. The van der Waals surface area contributed by atoms with Crippen LogP contribution < -0.4 is 10.1 Å². The first kappa shape index (κ1) is 16.8. The lowest BCUT2D eigenvalue weighted by Gasteiger charge is -2.31. The normalized spacial score (nSPS) is 21.8. The lowest BCUT2D eigenvalue weighted by Crippen LogP contribution is -2.38. The van der Waals surface area contributed by atoms with Crippen LogP contribution in [0.15, 0.2) is 24.3 Å². The van der Waals surface area contributed by atoms with E-state index in [1.54, 1.807) is 0 Å². The molecule has 3 rings (SSSR count). The van der Waals surface area contributed by atoms with E-state index < -0.39 is 0 Å². The number of carbonyl (C=O) groups excluding carboxylic acids is 2. The summed E-state index contributed by atoms with van der Waals surface area (Å²) in [6.45, 7) is 3.12. The molecule has 2 aliphatic rings. The number of hydrogen-bond acceptors (Lipinski definition) is 3. The Morgan fingerprint density at radius 3 is 2.58 bits per heavy atom. The van der Waals surface area contributed by atoms with Gasteiger partial charge in [0.1, 0.15) is 5.75 Å². The highest BCUT2D eigenvalue weighted by molar-refractivity contribution is 5.97. The van der Waals surface area contributed by atoms with E-state index in [-0.39, 0.29) is 17.7 Å². The zero-order valence-corrected chi connectivity index (χ0v) is 14.3. The van der Waals surface area contributed by atoms with Gasteiger partial charge < -0.3 is 15.0 Å². The van der Waals surface area contributed by atoms with Gasteiger partial charge in [-0.05, 0) is 44.0 Å². The van der Waals surface area contributed by atoms with Crippen LogP contribution >= 0.6 is 0 Å². The number of hydrogen-bond donors (Lipinski definition) is 1. The predicted molar refractivity (Wildman–Crippen MR) is 92.9 cm³/mol. The minimum atomic E-state index is -0.244. The van der Waals surface area contributed by atoms with Crippen molar-refractivity contribution in [2.24, 2.45) is 5.92 Å². The van der Waals surface area contributed by atoms with Crippen LogP contribution in [0.5, 0.6) is 5.75 Å². The molecular weight excluding hydrogens is 304 g/mol. The second kappa shape index (κ2) is 7.69. The highest BCUT2D eigenvalue weighted by Gasteiger charge is 2.38. The molecule has 0 aromatic heterocycles. The second-order valence-corrected chi connectivity index (χ2v) is 6.69. The smallest absolute Gasteiger partial charge is 0.229 e. The van der Waals surface area contributed by atoms with Gasteiger partial charge in [-0.25, -0.2) is 0 Å². The predicted octanol–water partition coefficient (Wildman–Crippen LogP) is 3.21. The maximum absolute atomic E-state index is 12.5. The molecule has 1 saturated heterocycles. The Kier molecular flexibility index (Phi) is 5.38. The van der Waals surface area contributed by atoms with Crippen molar-refractivity contribution >= 4 is 17.5 Å². The fourth-order valence-electron chi connectivity index (χ4n) is 3.70. The maximum Gasteiger partial charge on any atom is 0.229 e. The third-order valence-electron chi connectivity index (χ3n) is 4.98. The van der Waals surface area contributed by atoms with Crippen LogP contribution in [0.4, 0.5) is 5.69 Å². The summed E-state index contributed by atoms with van der Waals surface area (Å²) >= 11 is 0. The number of ether oxygens (including phenoxy) is 1. The van der Waals surface area contributed by atoms with Crippen LogP contribution in [-0.4, -0.2) is 35.9 Å². The molecule has 5 heteroatoms. The molecule has 24 heavy (non-hydrogen) atoms. The zero-order valence-electron chi connectivity index (χ0n) is 14.3. The molecule has 1 unspecified atom stereocenters. The molecule has 1 heterocycles. The molecule has 130 valence electrons. The molecule has 1 atom stereocenters. The van der Waals surface area contributed by atoms with Crippen molar-refractivity contribution < 1.29 is 14.3 Å². The molecule has 2 amide bonds. The Hall–Kier alpha value is -2.04.